The lowest BCUT2D eigenvalue weighted by Crippen LogP contribution is -2.64. The van der Waals surface area contributed by atoms with E-state index in [-0.39, 0.29) is 17.0 Å². The summed E-state index contributed by atoms with van der Waals surface area (Å²) in [4.78, 5) is 37.4. The molecule has 0 aliphatic heterocycles. The number of nitrogens with one attached hydrogen (secondary N) is 2. The first-order valence-corrected chi connectivity index (χ1v) is 10.9. The Hall–Kier alpha value is -3.05. The van der Waals surface area contributed by atoms with Crippen LogP contribution in [0.3, 0.4) is 0 Å². The summed E-state index contributed by atoms with van der Waals surface area (Å²) in [5.74, 6) is -3.30. The topological polar surface area (TPSA) is 162 Å². The van der Waals surface area contributed by atoms with Gasteiger partial charge in [0.1, 0.15) is 23.6 Å². The normalized spacial score (nSPS) is 25.3. The summed E-state index contributed by atoms with van der Waals surface area (Å²) in [6, 6.07) is 9.63. The number of aliphatic hydroxyl groups excluding tert-OH is 2. The summed E-state index contributed by atoms with van der Waals surface area (Å²) in [7, 11) is 0. The van der Waals surface area contributed by atoms with Crippen molar-refractivity contribution in [3.05, 3.63) is 70.5 Å². The molecular formula is C23H25ClFN3O6. The Morgan fingerprint density at radius 1 is 1.15 bits per heavy atom. The smallest absolute Gasteiger partial charge is 0.252 e. The third-order valence-electron chi connectivity index (χ3n) is 5.76. The maximum absolute atomic E-state index is 13.4. The molecule has 7 N–H and O–H groups in total. The molecule has 0 bridgehead atoms. The highest BCUT2D eigenvalue weighted by Crippen LogP contribution is 2.30. The number of carbonyl (C=O) groups is 3. The van der Waals surface area contributed by atoms with Crippen LogP contribution in [0.5, 0.6) is 0 Å². The van der Waals surface area contributed by atoms with Crippen molar-refractivity contribution in [1.29, 1.82) is 0 Å². The number of hydrogen-bond donors (Lipinski definition) is 6. The molecule has 1 aliphatic carbocycles. The van der Waals surface area contributed by atoms with E-state index in [4.69, 9.17) is 17.3 Å². The molecule has 1 aliphatic rings. The van der Waals surface area contributed by atoms with E-state index in [2.05, 4.69) is 10.6 Å². The van der Waals surface area contributed by atoms with Crippen molar-refractivity contribution in [3.63, 3.8) is 0 Å². The average Bonchev–Trinajstić information content (AvgIpc) is 2.79. The summed E-state index contributed by atoms with van der Waals surface area (Å²) in [5.41, 5.74) is 3.89. The Morgan fingerprint density at radius 3 is 2.44 bits per heavy atom. The van der Waals surface area contributed by atoms with E-state index in [1.807, 2.05) is 0 Å². The van der Waals surface area contributed by atoms with E-state index in [1.165, 1.54) is 6.07 Å². The van der Waals surface area contributed by atoms with Crippen molar-refractivity contribution in [1.82, 2.24) is 10.6 Å². The van der Waals surface area contributed by atoms with Gasteiger partial charge in [0, 0.05) is 24.8 Å². The van der Waals surface area contributed by atoms with Crippen LogP contribution >= 0.6 is 11.6 Å². The number of carbonyl (C=O) groups excluding carboxylic acids is 3. The second-order valence-corrected chi connectivity index (χ2v) is 8.73. The highest BCUT2D eigenvalue weighted by molar-refractivity contribution is 6.31. The largest absolute Gasteiger partial charge is 0.390 e. The van der Waals surface area contributed by atoms with Crippen molar-refractivity contribution in [2.75, 3.05) is 0 Å². The van der Waals surface area contributed by atoms with Crippen LogP contribution in [0, 0.1) is 5.82 Å². The van der Waals surface area contributed by atoms with Gasteiger partial charge in [-0.2, -0.15) is 0 Å². The Balaban J connectivity index is 1.73. The van der Waals surface area contributed by atoms with Crippen LogP contribution in [-0.2, 0) is 16.0 Å². The number of rotatable bonds is 7. The second-order valence-electron chi connectivity index (χ2n) is 8.32. The SMILES string of the molecule is NC(=O)[C@@H](Cc1ccccc1)NC(=O)[C@@]1(O)C[C@@H](O)[C@H](O)[C@@H](NC(=O)c2ccc(F)c(Cl)c2)C1. The molecule has 11 heteroatoms. The maximum atomic E-state index is 13.4. The van der Waals surface area contributed by atoms with E-state index >= 15 is 0 Å². The summed E-state index contributed by atoms with van der Waals surface area (Å²) >= 11 is 5.70. The van der Waals surface area contributed by atoms with Crippen molar-refractivity contribution < 1.29 is 34.1 Å². The maximum Gasteiger partial charge on any atom is 0.252 e. The van der Waals surface area contributed by atoms with Crippen LogP contribution in [0.25, 0.3) is 0 Å². The molecule has 34 heavy (non-hydrogen) atoms. The van der Waals surface area contributed by atoms with E-state index in [0.29, 0.717) is 0 Å². The lowest BCUT2D eigenvalue weighted by atomic mass is 9.77. The van der Waals surface area contributed by atoms with Crippen molar-refractivity contribution in [3.8, 4) is 0 Å². The van der Waals surface area contributed by atoms with Crippen LogP contribution in [0.2, 0.25) is 5.02 Å². The lowest BCUT2D eigenvalue weighted by molar-refractivity contribution is -0.159. The van der Waals surface area contributed by atoms with Gasteiger partial charge in [0.05, 0.1) is 17.2 Å². The zero-order valence-corrected chi connectivity index (χ0v) is 18.7. The highest BCUT2D eigenvalue weighted by atomic mass is 35.5. The van der Waals surface area contributed by atoms with Gasteiger partial charge in [-0.25, -0.2) is 4.39 Å². The zero-order valence-electron chi connectivity index (χ0n) is 17.9. The molecule has 0 radical (unpaired) electrons. The van der Waals surface area contributed by atoms with Gasteiger partial charge in [-0.1, -0.05) is 41.9 Å². The van der Waals surface area contributed by atoms with E-state index in [0.717, 1.165) is 17.7 Å². The molecule has 9 nitrogen and oxygen atoms in total. The molecule has 2 aromatic rings. The van der Waals surface area contributed by atoms with Gasteiger partial charge in [-0.05, 0) is 23.8 Å². The fourth-order valence-electron chi connectivity index (χ4n) is 3.88. The molecule has 0 heterocycles. The first-order valence-electron chi connectivity index (χ1n) is 10.5. The molecule has 182 valence electrons. The van der Waals surface area contributed by atoms with Gasteiger partial charge in [-0.3, -0.25) is 14.4 Å². The molecule has 0 aromatic heterocycles. The van der Waals surface area contributed by atoms with Gasteiger partial charge < -0.3 is 31.7 Å². The van der Waals surface area contributed by atoms with E-state index in [1.54, 1.807) is 30.3 Å². The van der Waals surface area contributed by atoms with Crippen molar-refractivity contribution in [2.24, 2.45) is 5.73 Å². The summed E-state index contributed by atoms with van der Waals surface area (Å²) < 4.78 is 13.4. The van der Waals surface area contributed by atoms with Gasteiger partial charge in [0.2, 0.25) is 5.91 Å². The van der Waals surface area contributed by atoms with Crippen LogP contribution < -0.4 is 16.4 Å². The van der Waals surface area contributed by atoms with Crippen LogP contribution in [0.4, 0.5) is 4.39 Å². The Labute approximate surface area is 199 Å². The summed E-state index contributed by atoms with van der Waals surface area (Å²) in [6.45, 7) is 0. The Kier molecular flexibility index (Phi) is 7.88. The fourth-order valence-corrected chi connectivity index (χ4v) is 4.06. The van der Waals surface area contributed by atoms with Crippen molar-refractivity contribution in [2.45, 2.75) is 49.2 Å². The molecule has 1 saturated carbocycles. The lowest BCUT2D eigenvalue weighted by Gasteiger charge is -2.41. The molecule has 0 unspecified atom stereocenters. The Morgan fingerprint density at radius 2 is 1.82 bits per heavy atom. The van der Waals surface area contributed by atoms with E-state index in [9.17, 15) is 34.1 Å². The van der Waals surface area contributed by atoms with Gasteiger partial charge in [-0.15, -0.1) is 0 Å². The van der Waals surface area contributed by atoms with Gasteiger partial charge in [0.25, 0.3) is 11.8 Å². The molecule has 2 aromatic carbocycles. The van der Waals surface area contributed by atoms with E-state index < -0.39 is 66.3 Å². The van der Waals surface area contributed by atoms with Crippen molar-refractivity contribution >= 4 is 29.3 Å². The molecule has 3 rings (SSSR count). The van der Waals surface area contributed by atoms with Crippen LogP contribution in [0.15, 0.2) is 48.5 Å². The summed E-state index contributed by atoms with van der Waals surface area (Å²) in [5, 5.41) is 36.2. The predicted octanol–water partition coefficient (Wildman–Crippen LogP) is 0.0370. The molecule has 0 spiro atoms. The number of benzene rings is 2. The minimum Gasteiger partial charge on any atom is -0.390 e. The predicted molar refractivity (Wildman–Crippen MR) is 120 cm³/mol. The third-order valence-corrected chi connectivity index (χ3v) is 6.05. The summed E-state index contributed by atoms with van der Waals surface area (Å²) in [6.07, 6.45) is -3.98. The minimum atomic E-state index is -2.22. The number of primary amides is 1. The third kappa shape index (κ3) is 5.89. The molecule has 1 fully saturated rings. The number of nitrogens with two attached hydrogens (primary N) is 1. The Bertz CT molecular complexity index is 1070. The van der Waals surface area contributed by atoms with Crippen LogP contribution in [-0.4, -0.2) is 62.9 Å². The minimum absolute atomic E-state index is 0.0247. The fraction of sp³-hybridized carbons (Fsp3) is 0.348. The molecular weight excluding hydrogens is 469 g/mol. The monoisotopic (exact) mass is 493 g/mol. The molecule has 3 amide bonds. The number of hydrogen-bond acceptors (Lipinski definition) is 6. The first-order chi connectivity index (χ1) is 16.0. The van der Waals surface area contributed by atoms with Crippen LogP contribution in [0.1, 0.15) is 28.8 Å². The zero-order chi connectivity index (χ0) is 25.0. The second kappa shape index (κ2) is 10.5. The molecule has 0 saturated heterocycles. The number of amides is 3. The number of halogens is 2. The van der Waals surface area contributed by atoms with Gasteiger partial charge >= 0.3 is 0 Å². The number of aliphatic hydroxyl groups is 3. The highest BCUT2D eigenvalue weighted by Gasteiger charge is 2.49. The quantitative estimate of drug-likeness (QED) is 0.319. The van der Waals surface area contributed by atoms with Gasteiger partial charge in [0.15, 0.2) is 0 Å². The average molecular weight is 494 g/mol. The standard InChI is InChI=1S/C23H25ClFN3O6/c24-14-9-13(6-7-15(14)25)21(32)27-17-10-23(34,11-18(29)19(17)30)22(33)28-16(20(26)31)8-12-4-2-1-3-5-12/h1-7,9,16-19,29-30,34H,8,10-11H2,(H2,26,31)(H,27,32)(H,28,33)/t16-,17+,18-,19-,23+/m1/s1. The molecule has 5 atom stereocenters. The first kappa shape index (κ1) is 25.6.